The Morgan fingerprint density at radius 3 is 1.63 bits per heavy atom. The first-order valence-electron chi connectivity index (χ1n) is 6.95. The van der Waals surface area contributed by atoms with Crippen LogP contribution < -0.4 is 0 Å². The van der Waals surface area contributed by atoms with Crippen LogP contribution in [-0.2, 0) is 0 Å². The van der Waals surface area contributed by atoms with Gasteiger partial charge in [0.05, 0.1) is 0 Å². The SMILES string of the molecule is CC(C)=C1CC(=C(C)C)c2cccc3cccc1c23. The molecule has 0 saturated carbocycles. The van der Waals surface area contributed by atoms with Crippen LogP contribution in [0.1, 0.15) is 45.2 Å². The second-order valence-electron chi connectivity index (χ2n) is 5.84. The third kappa shape index (κ3) is 1.83. The summed E-state index contributed by atoms with van der Waals surface area (Å²) in [6.07, 6.45) is 1.07. The van der Waals surface area contributed by atoms with Crippen molar-refractivity contribution in [2.45, 2.75) is 34.1 Å². The van der Waals surface area contributed by atoms with E-state index < -0.39 is 0 Å². The van der Waals surface area contributed by atoms with Gasteiger partial charge in [0, 0.05) is 0 Å². The average Bonchev–Trinajstić information content (AvgIpc) is 2.39. The van der Waals surface area contributed by atoms with Crippen molar-refractivity contribution in [2.75, 3.05) is 0 Å². The number of rotatable bonds is 0. The lowest BCUT2D eigenvalue weighted by molar-refractivity contribution is 1.25. The Bertz CT molecular complexity index is 660. The monoisotopic (exact) mass is 248 g/mol. The highest BCUT2D eigenvalue weighted by molar-refractivity contribution is 6.07. The van der Waals surface area contributed by atoms with E-state index in [9.17, 15) is 0 Å². The van der Waals surface area contributed by atoms with Gasteiger partial charge in [0.2, 0.25) is 0 Å². The molecule has 0 radical (unpaired) electrons. The van der Waals surface area contributed by atoms with E-state index in [-0.39, 0.29) is 0 Å². The van der Waals surface area contributed by atoms with Gasteiger partial charge in [-0.3, -0.25) is 0 Å². The van der Waals surface area contributed by atoms with E-state index in [1.807, 2.05) is 0 Å². The van der Waals surface area contributed by atoms with Crippen molar-refractivity contribution in [3.63, 3.8) is 0 Å². The molecule has 0 amide bonds. The maximum Gasteiger partial charge on any atom is -0.00148 e. The fraction of sp³-hybridized carbons (Fsp3) is 0.263. The predicted molar refractivity (Wildman–Crippen MR) is 85.1 cm³/mol. The molecule has 3 rings (SSSR count). The molecule has 96 valence electrons. The molecule has 2 aromatic carbocycles. The van der Waals surface area contributed by atoms with Crippen LogP contribution in [0.5, 0.6) is 0 Å². The first-order chi connectivity index (χ1) is 9.09. The van der Waals surface area contributed by atoms with Crippen LogP contribution in [0.25, 0.3) is 21.9 Å². The van der Waals surface area contributed by atoms with Gasteiger partial charge < -0.3 is 0 Å². The summed E-state index contributed by atoms with van der Waals surface area (Å²) in [5.74, 6) is 0. The Balaban J connectivity index is 2.52. The zero-order chi connectivity index (χ0) is 13.6. The Labute approximate surface area is 115 Å². The minimum Gasteiger partial charge on any atom is -0.0723 e. The molecule has 1 aliphatic carbocycles. The van der Waals surface area contributed by atoms with Crippen molar-refractivity contribution in [3.8, 4) is 0 Å². The van der Waals surface area contributed by atoms with E-state index in [1.165, 1.54) is 44.2 Å². The number of hydrogen-bond acceptors (Lipinski definition) is 0. The third-order valence-corrected chi connectivity index (χ3v) is 4.12. The molecule has 0 bridgehead atoms. The molecular formula is C19H20. The first-order valence-corrected chi connectivity index (χ1v) is 6.95. The van der Waals surface area contributed by atoms with Crippen LogP contribution in [0, 0.1) is 0 Å². The van der Waals surface area contributed by atoms with Gasteiger partial charge in [-0.15, -0.1) is 0 Å². The van der Waals surface area contributed by atoms with Crippen LogP contribution in [0.2, 0.25) is 0 Å². The lowest BCUT2D eigenvalue weighted by atomic mass is 9.79. The summed E-state index contributed by atoms with van der Waals surface area (Å²) < 4.78 is 0. The van der Waals surface area contributed by atoms with E-state index in [2.05, 4.69) is 64.1 Å². The fourth-order valence-electron chi connectivity index (χ4n) is 3.10. The molecular weight excluding hydrogens is 228 g/mol. The topological polar surface area (TPSA) is 0 Å². The molecule has 0 fully saturated rings. The highest BCUT2D eigenvalue weighted by Crippen LogP contribution is 2.44. The molecule has 0 saturated heterocycles. The highest BCUT2D eigenvalue weighted by atomic mass is 14.2. The summed E-state index contributed by atoms with van der Waals surface area (Å²) in [4.78, 5) is 0. The molecule has 0 N–H and O–H groups in total. The molecule has 0 heteroatoms. The van der Waals surface area contributed by atoms with Gasteiger partial charge in [-0.2, -0.15) is 0 Å². The van der Waals surface area contributed by atoms with Crippen LogP contribution in [0.4, 0.5) is 0 Å². The molecule has 0 heterocycles. The summed E-state index contributed by atoms with van der Waals surface area (Å²) in [5.41, 5.74) is 8.72. The summed E-state index contributed by atoms with van der Waals surface area (Å²) in [6, 6.07) is 13.3. The van der Waals surface area contributed by atoms with Gasteiger partial charge in [-0.05, 0) is 67.2 Å². The summed E-state index contributed by atoms with van der Waals surface area (Å²) in [6.45, 7) is 8.91. The van der Waals surface area contributed by atoms with Crippen molar-refractivity contribution in [1.29, 1.82) is 0 Å². The van der Waals surface area contributed by atoms with Gasteiger partial charge >= 0.3 is 0 Å². The second-order valence-corrected chi connectivity index (χ2v) is 5.84. The van der Waals surface area contributed by atoms with Crippen LogP contribution in [-0.4, -0.2) is 0 Å². The summed E-state index contributed by atoms with van der Waals surface area (Å²) in [7, 11) is 0. The van der Waals surface area contributed by atoms with Crippen LogP contribution >= 0.6 is 0 Å². The smallest absolute Gasteiger partial charge is 0.00148 e. The summed E-state index contributed by atoms with van der Waals surface area (Å²) >= 11 is 0. The average molecular weight is 248 g/mol. The lowest BCUT2D eigenvalue weighted by Gasteiger charge is -2.25. The Morgan fingerprint density at radius 1 is 0.737 bits per heavy atom. The maximum atomic E-state index is 2.27. The van der Waals surface area contributed by atoms with Crippen LogP contribution in [0.15, 0.2) is 47.5 Å². The Kier molecular flexibility index (Phi) is 2.82. The predicted octanol–water partition coefficient (Wildman–Crippen LogP) is 5.83. The van der Waals surface area contributed by atoms with Crippen molar-refractivity contribution in [2.24, 2.45) is 0 Å². The normalized spacial score (nSPS) is 13.9. The minimum atomic E-state index is 1.07. The molecule has 0 aromatic heterocycles. The quantitative estimate of drug-likeness (QED) is 0.550. The Hall–Kier alpha value is -1.82. The van der Waals surface area contributed by atoms with E-state index in [4.69, 9.17) is 0 Å². The number of allylic oxidation sites excluding steroid dienone is 4. The van der Waals surface area contributed by atoms with E-state index in [0.717, 1.165) is 6.42 Å². The van der Waals surface area contributed by atoms with E-state index >= 15 is 0 Å². The lowest BCUT2D eigenvalue weighted by Crippen LogP contribution is -2.02. The Morgan fingerprint density at radius 2 is 1.21 bits per heavy atom. The largest absolute Gasteiger partial charge is 0.0723 e. The van der Waals surface area contributed by atoms with E-state index in [0.29, 0.717) is 0 Å². The fourth-order valence-corrected chi connectivity index (χ4v) is 3.10. The van der Waals surface area contributed by atoms with Gasteiger partial charge in [0.25, 0.3) is 0 Å². The van der Waals surface area contributed by atoms with Gasteiger partial charge in [-0.25, -0.2) is 0 Å². The second kappa shape index (κ2) is 4.38. The molecule has 0 aliphatic heterocycles. The molecule has 2 aromatic rings. The first kappa shape index (κ1) is 12.2. The minimum absolute atomic E-state index is 1.07. The van der Waals surface area contributed by atoms with Gasteiger partial charge in [-0.1, -0.05) is 47.5 Å². The summed E-state index contributed by atoms with van der Waals surface area (Å²) in [5, 5.41) is 2.79. The van der Waals surface area contributed by atoms with Crippen molar-refractivity contribution in [3.05, 3.63) is 58.7 Å². The standard InChI is InChI=1S/C19H20/c1-12(2)17-11-18(13(3)4)16-10-6-8-14-7-5-9-15(17)19(14)16/h5-10H,11H2,1-4H3. The van der Waals surface area contributed by atoms with Crippen molar-refractivity contribution >= 4 is 21.9 Å². The zero-order valence-electron chi connectivity index (χ0n) is 12.2. The molecule has 19 heavy (non-hydrogen) atoms. The molecule has 1 aliphatic rings. The number of benzene rings is 2. The highest BCUT2D eigenvalue weighted by Gasteiger charge is 2.21. The molecule has 0 nitrogen and oxygen atoms in total. The van der Waals surface area contributed by atoms with Crippen molar-refractivity contribution in [1.82, 2.24) is 0 Å². The molecule has 0 spiro atoms. The van der Waals surface area contributed by atoms with E-state index in [1.54, 1.807) is 0 Å². The zero-order valence-corrected chi connectivity index (χ0v) is 12.2. The molecule has 0 unspecified atom stereocenters. The van der Waals surface area contributed by atoms with Crippen molar-refractivity contribution < 1.29 is 0 Å². The van der Waals surface area contributed by atoms with Gasteiger partial charge in [0.1, 0.15) is 0 Å². The third-order valence-electron chi connectivity index (χ3n) is 4.12. The molecule has 0 atom stereocenters. The number of hydrogen-bond donors (Lipinski definition) is 0. The van der Waals surface area contributed by atoms with Crippen LogP contribution in [0.3, 0.4) is 0 Å². The maximum absolute atomic E-state index is 2.27. The van der Waals surface area contributed by atoms with Gasteiger partial charge in [0.15, 0.2) is 0 Å².